The summed E-state index contributed by atoms with van der Waals surface area (Å²) in [5, 5.41) is 7.24. The van der Waals surface area contributed by atoms with Crippen molar-refractivity contribution in [1.82, 2.24) is 15.1 Å². The predicted molar refractivity (Wildman–Crippen MR) is 79.0 cm³/mol. The molecule has 1 aliphatic heterocycles. The van der Waals surface area contributed by atoms with E-state index in [9.17, 15) is 4.79 Å². The van der Waals surface area contributed by atoms with Crippen molar-refractivity contribution < 1.29 is 9.53 Å². The van der Waals surface area contributed by atoms with Gasteiger partial charge in [0.05, 0.1) is 18.8 Å². The van der Waals surface area contributed by atoms with Gasteiger partial charge in [0.25, 0.3) is 0 Å². The number of hydrogen-bond acceptors (Lipinski definition) is 3. The minimum atomic E-state index is -0.0280. The van der Waals surface area contributed by atoms with Gasteiger partial charge in [0.15, 0.2) is 0 Å². The van der Waals surface area contributed by atoms with Gasteiger partial charge >= 0.3 is 0 Å². The van der Waals surface area contributed by atoms with Gasteiger partial charge in [0, 0.05) is 11.8 Å². The Kier molecular flexibility index (Phi) is 3.90. The minimum absolute atomic E-state index is 0.00728. The summed E-state index contributed by atoms with van der Waals surface area (Å²) >= 11 is 0. The quantitative estimate of drug-likeness (QED) is 0.940. The molecule has 0 spiro atoms. The van der Waals surface area contributed by atoms with Crippen LogP contribution in [0.2, 0.25) is 0 Å². The van der Waals surface area contributed by atoms with E-state index in [2.05, 4.69) is 10.4 Å². The molecule has 1 atom stereocenters. The molecule has 0 aliphatic carbocycles. The maximum absolute atomic E-state index is 12.2. The largest absolute Gasteiger partial charge is 0.493 e. The Hall–Kier alpha value is -2.30. The molecule has 1 amide bonds. The number of aromatic nitrogens is 2. The van der Waals surface area contributed by atoms with Crippen molar-refractivity contribution in [3.63, 3.8) is 0 Å². The average Bonchev–Trinajstić information content (AvgIpc) is 2.77. The fraction of sp³-hybridized carbons (Fsp3) is 0.375. The summed E-state index contributed by atoms with van der Waals surface area (Å²) in [6, 6.07) is 7.91. The number of carbonyl (C=O) groups excluding carboxylic acids is 1. The molecule has 5 nitrogen and oxygen atoms in total. The summed E-state index contributed by atoms with van der Waals surface area (Å²) in [5.74, 6) is 0.843. The minimum Gasteiger partial charge on any atom is -0.493 e. The van der Waals surface area contributed by atoms with Gasteiger partial charge in [-0.3, -0.25) is 9.48 Å². The third kappa shape index (κ3) is 3.24. The highest BCUT2D eigenvalue weighted by atomic mass is 16.5. The van der Waals surface area contributed by atoms with Gasteiger partial charge < -0.3 is 10.1 Å². The smallest absolute Gasteiger partial charge is 0.242 e. The first kappa shape index (κ1) is 13.7. The zero-order valence-corrected chi connectivity index (χ0v) is 12.1. The van der Waals surface area contributed by atoms with Gasteiger partial charge in [-0.05, 0) is 31.4 Å². The number of para-hydroxylation sites is 1. The van der Waals surface area contributed by atoms with Crippen molar-refractivity contribution in [2.24, 2.45) is 0 Å². The molecule has 1 N–H and O–H groups in total. The number of benzene rings is 1. The lowest BCUT2D eigenvalue weighted by molar-refractivity contribution is -0.122. The second-order valence-corrected chi connectivity index (χ2v) is 5.36. The Labute approximate surface area is 123 Å². The lowest BCUT2D eigenvalue weighted by atomic mass is 10.0. The lowest BCUT2D eigenvalue weighted by Crippen LogP contribution is -2.31. The highest BCUT2D eigenvalue weighted by molar-refractivity contribution is 5.76. The van der Waals surface area contributed by atoms with E-state index < -0.39 is 0 Å². The van der Waals surface area contributed by atoms with Crippen molar-refractivity contribution >= 4 is 5.91 Å². The predicted octanol–water partition coefficient (Wildman–Crippen LogP) is 2.22. The number of hydrogen-bond donors (Lipinski definition) is 1. The van der Waals surface area contributed by atoms with Crippen LogP contribution in [0.5, 0.6) is 5.75 Å². The van der Waals surface area contributed by atoms with Crippen molar-refractivity contribution in [3.05, 3.63) is 47.8 Å². The molecule has 0 saturated heterocycles. The van der Waals surface area contributed by atoms with E-state index in [0.717, 1.165) is 29.7 Å². The molecule has 1 aliphatic rings. The first-order chi connectivity index (χ1) is 10.2. The fourth-order valence-corrected chi connectivity index (χ4v) is 2.62. The van der Waals surface area contributed by atoms with Crippen LogP contribution in [0.15, 0.2) is 36.7 Å². The van der Waals surface area contributed by atoms with Crippen LogP contribution in [0.3, 0.4) is 0 Å². The molecule has 5 heteroatoms. The standard InChI is InChI=1S/C16H19N3O2/c1-12-9-17-19(10-12)11-16(20)18-14-6-4-8-21-15-7-3-2-5-13(14)15/h2-3,5,7,9-10,14H,4,6,8,11H2,1H3,(H,18,20)/t14-/m0/s1. The summed E-state index contributed by atoms with van der Waals surface area (Å²) in [6.45, 7) is 2.90. The van der Waals surface area contributed by atoms with Crippen LogP contribution >= 0.6 is 0 Å². The number of amides is 1. The van der Waals surface area contributed by atoms with E-state index in [1.165, 1.54) is 0 Å². The van der Waals surface area contributed by atoms with Crippen molar-refractivity contribution in [3.8, 4) is 5.75 Å². The molecule has 0 unspecified atom stereocenters. The number of ether oxygens (including phenoxy) is 1. The van der Waals surface area contributed by atoms with Gasteiger partial charge in [0.1, 0.15) is 12.3 Å². The number of aryl methyl sites for hydroxylation is 1. The van der Waals surface area contributed by atoms with Crippen LogP contribution in [-0.4, -0.2) is 22.3 Å². The van der Waals surface area contributed by atoms with Crippen LogP contribution in [0.4, 0.5) is 0 Å². The molecule has 21 heavy (non-hydrogen) atoms. The van der Waals surface area contributed by atoms with E-state index in [1.807, 2.05) is 37.4 Å². The third-order valence-corrected chi connectivity index (χ3v) is 3.59. The van der Waals surface area contributed by atoms with Crippen molar-refractivity contribution in [2.75, 3.05) is 6.61 Å². The third-order valence-electron chi connectivity index (χ3n) is 3.59. The summed E-state index contributed by atoms with van der Waals surface area (Å²) in [4.78, 5) is 12.2. The lowest BCUT2D eigenvalue weighted by Gasteiger charge is -2.18. The SMILES string of the molecule is Cc1cnn(CC(=O)N[C@H]2CCCOc3ccccc32)c1. The monoisotopic (exact) mass is 285 g/mol. The average molecular weight is 285 g/mol. The van der Waals surface area contributed by atoms with Gasteiger partial charge in [-0.25, -0.2) is 0 Å². The van der Waals surface area contributed by atoms with Gasteiger partial charge in [0.2, 0.25) is 5.91 Å². The molecular formula is C16H19N3O2. The topological polar surface area (TPSA) is 56.2 Å². The van der Waals surface area contributed by atoms with E-state index in [4.69, 9.17) is 4.74 Å². The number of nitrogens with one attached hydrogen (secondary N) is 1. The van der Waals surface area contributed by atoms with E-state index in [-0.39, 0.29) is 18.5 Å². The molecule has 2 aromatic rings. The molecule has 1 aromatic heterocycles. The van der Waals surface area contributed by atoms with Crippen LogP contribution in [0, 0.1) is 6.92 Å². The zero-order valence-electron chi connectivity index (χ0n) is 12.1. The molecule has 1 aromatic carbocycles. The molecule has 0 fully saturated rings. The van der Waals surface area contributed by atoms with Crippen molar-refractivity contribution in [1.29, 1.82) is 0 Å². The highest BCUT2D eigenvalue weighted by Gasteiger charge is 2.21. The number of fused-ring (bicyclic) bond motifs is 1. The normalized spacial score (nSPS) is 17.5. The molecule has 0 saturated carbocycles. The molecule has 3 rings (SSSR count). The first-order valence-electron chi connectivity index (χ1n) is 7.22. The Morgan fingerprint density at radius 3 is 3.14 bits per heavy atom. The summed E-state index contributed by atoms with van der Waals surface area (Å²) in [7, 11) is 0. The van der Waals surface area contributed by atoms with Crippen LogP contribution < -0.4 is 10.1 Å². The van der Waals surface area contributed by atoms with E-state index >= 15 is 0 Å². The van der Waals surface area contributed by atoms with Gasteiger partial charge in [-0.2, -0.15) is 5.10 Å². The molecule has 0 radical (unpaired) electrons. The highest BCUT2D eigenvalue weighted by Crippen LogP contribution is 2.30. The zero-order chi connectivity index (χ0) is 14.7. The summed E-state index contributed by atoms with van der Waals surface area (Å²) < 4.78 is 7.37. The Morgan fingerprint density at radius 1 is 1.48 bits per heavy atom. The van der Waals surface area contributed by atoms with E-state index in [1.54, 1.807) is 10.9 Å². The Morgan fingerprint density at radius 2 is 2.33 bits per heavy atom. The summed E-state index contributed by atoms with van der Waals surface area (Å²) in [6.07, 6.45) is 5.44. The number of rotatable bonds is 3. The van der Waals surface area contributed by atoms with Gasteiger partial charge in [-0.15, -0.1) is 0 Å². The van der Waals surface area contributed by atoms with Gasteiger partial charge in [-0.1, -0.05) is 18.2 Å². The van der Waals surface area contributed by atoms with Crippen LogP contribution in [-0.2, 0) is 11.3 Å². The second kappa shape index (κ2) is 5.99. The number of carbonyl (C=O) groups is 1. The molecule has 0 bridgehead atoms. The molecule has 110 valence electrons. The number of nitrogens with zero attached hydrogens (tertiary/aromatic N) is 2. The maximum atomic E-state index is 12.2. The molecular weight excluding hydrogens is 266 g/mol. The van der Waals surface area contributed by atoms with Crippen molar-refractivity contribution in [2.45, 2.75) is 32.4 Å². The summed E-state index contributed by atoms with van der Waals surface area (Å²) in [5.41, 5.74) is 2.11. The Balaban J connectivity index is 1.70. The first-order valence-corrected chi connectivity index (χ1v) is 7.22. The van der Waals surface area contributed by atoms with E-state index in [0.29, 0.717) is 6.61 Å². The molecule has 2 heterocycles. The van der Waals surface area contributed by atoms with Crippen LogP contribution in [0.1, 0.15) is 30.0 Å². The second-order valence-electron chi connectivity index (χ2n) is 5.36. The Bertz CT molecular complexity index is 636. The fourth-order valence-electron chi connectivity index (χ4n) is 2.62. The maximum Gasteiger partial charge on any atom is 0.242 e. The van der Waals surface area contributed by atoms with Crippen LogP contribution in [0.25, 0.3) is 0 Å².